The molecule has 8 heteroatoms. The predicted octanol–water partition coefficient (Wildman–Crippen LogP) is 3.44. The molecule has 3 aromatic carbocycles. The number of piperazine rings is 1. The number of para-hydroxylation sites is 1. The minimum atomic E-state index is -0.267. The largest absolute Gasteiger partial charge is 0.353 e. The molecule has 2 amide bonds. The van der Waals surface area contributed by atoms with Gasteiger partial charge in [0.05, 0.1) is 18.3 Å². The zero-order valence-corrected chi connectivity index (χ0v) is 21.1. The maximum Gasteiger partial charge on any atom is 0.271 e. The molecule has 1 fully saturated rings. The summed E-state index contributed by atoms with van der Waals surface area (Å²) in [6.45, 7) is 3.85. The first-order chi connectivity index (χ1) is 18.7. The van der Waals surface area contributed by atoms with E-state index < -0.39 is 0 Å². The Morgan fingerprint density at radius 2 is 1.55 bits per heavy atom. The number of benzene rings is 3. The van der Waals surface area contributed by atoms with Gasteiger partial charge in [0.1, 0.15) is 5.82 Å². The zero-order valence-electron chi connectivity index (χ0n) is 21.1. The Labute approximate surface area is 222 Å². The number of rotatable bonds is 8. The fourth-order valence-electron chi connectivity index (χ4n) is 4.46. The fraction of sp³-hybridized carbons (Fsp3) is 0.200. The Morgan fingerprint density at radius 1 is 0.868 bits per heavy atom. The summed E-state index contributed by atoms with van der Waals surface area (Å²) in [6, 6.07) is 28.9. The molecule has 5 rings (SSSR count). The number of hydrazone groups is 1. The summed E-state index contributed by atoms with van der Waals surface area (Å²) >= 11 is 0. The second-order valence-corrected chi connectivity index (χ2v) is 9.18. The number of pyridine rings is 1. The summed E-state index contributed by atoms with van der Waals surface area (Å²) in [5.41, 5.74) is 5.97. The molecule has 0 saturated carbocycles. The number of hydrogen-bond acceptors (Lipinski definition) is 6. The van der Waals surface area contributed by atoms with Crippen LogP contribution < -0.4 is 15.6 Å². The average molecular weight is 507 g/mol. The van der Waals surface area contributed by atoms with Gasteiger partial charge < -0.3 is 10.2 Å². The van der Waals surface area contributed by atoms with E-state index >= 15 is 0 Å². The third kappa shape index (κ3) is 6.41. The zero-order chi connectivity index (χ0) is 26.2. The highest BCUT2D eigenvalue weighted by Gasteiger charge is 2.22. The Bertz CT molecular complexity index is 1420. The number of amides is 2. The second-order valence-electron chi connectivity index (χ2n) is 9.18. The summed E-state index contributed by atoms with van der Waals surface area (Å²) < 4.78 is 0. The molecule has 2 N–H and O–H groups in total. The number of carbonyl (C=O) groups excluding carboxylic acids is 2. The maximum absolute atomic E-state index is 12.5. The predicted molar refractivity (Wildman–Crippen MR) is 150 cm³/mol. The van der Waals surface area contributed by atoms with Crippen LogP contribution in [0.25, 0.3) is 10.9 Å². The first kappa shape index (κ1) is 25.1. The first-order valence-corrected chi connectivity index (χ1v) is 12.7. The van der Waals surface area contributed by atoms with Crippen LogP contribution in [0.5, 0.6) is 0 Å². The van der Waals surface area contributed by atoms with Crippen molar-refractivity contribution in [3.8, 4) is 0 Å². The van der Waals surface area contributed by atoms with Crippen molar-refractivity contribution in [3.05, 3.63) is 108 Å². The average Bonchev–Trinajstić information content (AvgIpc) is 2.97. The minimum absolute atomic E-state index is 0.0214. The van der Waals surface area contributed by atoms with Crippen molar-refractivity contribution < 1.29 is 9.59 Å². The lowest BCUT2D eigenvalue weighted by molar-refractivity contribution is -0.122. The molecule has 0 aliphatic carbocycles. The highest BCUT2D eigenvalue weighted by Crippen LogP contribution is 2.23. The van der Waals surface area contributed by atoms with Crippen LogP contribution in [0.15, 0.2) is 96.1 Å². The monoisotopic (exact) mass is 506 g/mol. The Morgan fingerprint density at radius 3 is 2.32 bits per heavy atom. The van der Waals surface area contributed by atoms with Gasteiger partial charge in [-0.2, -0.15) is 5.10 Å². The van der Waals surface area contributed by atoms with Crippen molar-refractivity contribution in [1.29, 1.82) is 0 Å². The quantitative estimate of drug-likeness (QED) is 0.282. The topological polar surface area (TPSA) is 89.9 Å². The third-order valence-electron chi connectivity index (χ3n) is 6.51. The van der Waals surface area contributed by atoms with Crippen LogP contribution in [0.3, 0.4) is 0 Å². The van der Waals surface area contributed by atoms with Crippen LogP contribution in [0.4, 0.5) is 5.82 Å². The normalized spacial score (nSPS) is 14.1. The van der Waals surface area contributed by atoms with Gasteiger partial charge in [0.25, 0.3) is 5.91 Å². The van der Waals surface area contributed by atoms with Crippen LogP contribution in [-0.2, 0) is 11.3 Å². The number of hydrogen-bond donors (Lipinski definition) is 2. The molecule has 4 aromatic rings. The molecule has 1 aliphatic heterocycles. The summed E-state index contributed by atoms with van der Waals surface area (Å²) in [4.78, 5) is 34.2. The number of nitrogens with one attached hydrogen (secondary N) is 2. The van der Waals surface area contributed by atoms with Gasteiger partial charge in [-0.05, 0) is 29.8 Å². The maximum atomic E-state index is 12.5. The van der Waals surface area contributed by atoms with Gasteiger partial charge in [-0.3, -0.25) is 14.5 Å². The number of anilines is 1. The number of nitrogens with zero attached hydrogens (tertiary/aromatic N) is 4. The SMILES string of the molecule is O=C(CN1CCN(c2nc3ccccc3cc2/C=N/NC(=O)c2ccccc2)CC1)NCc1ccccc1. The summed E-state index contributed by atoms with van der Waals surface area (Å²) in [5, 5.41) is 8.23. The van der Waals surface area contributed by atoms with Crippen molar-refractivity contribution in [2.45, 2.75) is 6.54 Å². The van der Waals surface area contributed by atoms with Gasteiger partial charge in [-0.25, -0.2) is 10.4 Å². The molecular formula is C30H30N6O2. The highest BCUT2D eigenvalue weighted by atomic mass is 16.2. The first-order valence-electron chi connectivity index (χ1n) is 12.7. The highest BCUT2D eigenvalue weighted by molar-refractivity contribution is 5.97. The molecular weight excluding hydrogens is 476 g/mol. The standard InChI is InChI=1S/C30H30N6O2/c37-28(31-20-23-9-3-1-4-10-23)22-35-15-17-36(18-16-35)29-26(19-25-13-7-8-14-27(25)33-29)21-32-34-30(38)24-11-5-2-6-12-24/h1-14,19,21H,15-18,20,22H2,(H,31,37)(H,34,38)/b32-21+. The van der Waals surface area contributed by atoms with Gasteiger partial charge in [0.2, 0.25) is 5.91 Å². The molecule has 38 heavy (non-hydrogen) atoms. The molecule has 0 bridgehead atoms. The van der Waals surface area contributed by atoms with Crippen LogP contribution in [-0.4, -0.2) is 60.6 Å². The molecule has 2 heterocycles. The van der Waals surface area contributed by atoms with Gasteiger partial charge in [-0.15, -0.1) is 0 Å². The van der Waals surface area contributed by atoms with Crippen molar-refractivity contribution in [1.82, 2.24) is 20.6 Å². The summed E-state index contributed by atoms with van der Waals surface area (Å²) in [5.74, 6) is 0.569. The smallest absolute Gasteiger partial charge is 0.271 e. The lowest BCUT2D eigenvalue weighted by Crippen LogP contribution is -2.49. The Hall–Kier alpha value is -4.56. The summed E-state index contributed by atoms with van der Waals surface area (Å²) in [6.07, 6.45) is 1.65. The molecule has 1 aromatic heterocycles. The van der Waals surface area contributed by atoms with Crippen molar-refractivity contribution in [2.75, 3.05) is 37.6 Å². The van der Waals surface area contributed by atoms with Gasteiger partial charge in [0, 0.05) is 49.2 Å². The van der Waals surface area contributed by atoms with E-state index in [0.29, 0.717) is 18.7 Å². The Balaban J connectivity index is 1.23. The lowest BCUT2D eigenvalue weighted by atomic mass is 10.1. The van der Waals surface area contributed by atoms with E-state index in [1.165, 1.54) is 0 Å². The molecule has 0 radical (unpaired) electrons. The number of fused-ring (bicyclic) bond motifs is 1. The van der Waals surface area contributed by atoms with E-state index in [1.54, 1.807) is 18.3 Å². The van der Waals surface area contributed by atoms with E-state index in [-0.39, 0.29) is 11.8 Å². The van der Waals surface area contributed by atoms with E-state index in [4.69, 9.17) is 4.98 Å². The molecule has 192 valence electrons. The van der Waals surface area contributed by atoms with Gasteiger partial charge in [0.15, 0.2) is 0 Å². The van der Waals surface area contributed by atoms with Crippen molar-refractivity contribution >= 4 is 34.7 Å². The molecule has 0 spiro atoms. The van der Waals surface area contributed by atoms with Crippen LogP contribution in [0.1, 0.15) is 21.5 Å². The molecule has 0 unspecified atom stereocenters. The molecule has 0 atom stereocenters. The van der Waals surface area contributed by atoms with E-state index in [2.05, 4.69) is 25.6 Å². The number of carbonyl (C=O) groups is 2. The van der Waals surface area contributed by atoms with Crippen molar-refractivity contribution in [2.24, 2.45) is 5.10 Å². The van der Waals surface area contributed by atoms with E-state index in [0.717, 1.165) is 54.0 Å². The van der Waals surface area contributed by atoms with Crippen LogP contribution in [0, 0.1) is 0 Å². The van der Waals surface area contributed by atoms with E-state index in [9.17, 15) is 9.59 Å². The van der Waals surface area contributed by atoms with E-state index in [1.807, 2.05) is 78.9 Å². The van der Waals surface area contributed by atoms with Gasteiger partial charge >= 0.3 is 0 Å². The third-order valence-corrected chi connectivity index (χ3v) is 6.51. The Kier molecular flexibility index (Phi) is 8.01. The minimum Gasteiger partial charge on any atom is -0.353 e. The molecule has 1 saturated heterocycles. The second kappa shape index (κ2) is 12.1. The van der Waals surface area contributed by atoms with Crippen LogP contribution in [0.2, 0.25) is 0 Å². The number of aromatic nitrogens is 1. The van der Waals surface area contributed by atoms with Crippen LogP contribution >= 0.6 is 0 Å². The van der Waals surface area contributed by atoms with Gasteiger partial charge in [-0.1, -0.05) is 66.7 Å². The van der Waals surface area contributed by atoms with Crippen molar-refractivity contribution in [3.63, 3.8) is 0 Å². The fourth-order valence-corrected chi connectivity index (χ4v) is 4.46. The molecule has 1 aliphatic rings. The lowest BCUT2D eigenvalue weighted by Gasteiger charge is -2.35. The molecule has 8 nitrogen and oxygen atoms in total. The summed E-state index contributed by atoms with van der Waals surface area (Å²) in [7, 11) is 0.